The Bertz CT molecular complexity index is 1120. The maximum Gasteiger partial charge on any atom is 0.251 e. The monoisotopic (exact) mass is 414 g/mol. The van der Waals surface area contributed by atoms with E-state index in [-0.39, 0.29) is 18.2 Å². The third-order valence-electron chi connectivity index (χ3n) is 4.80. The fourth-order valence-electron chi connectivity index (χ4n) is 3.26. The van der Waals surface area contributed by atoms with E-state index in [4.69, 9.17) is 4.42 Å². The molecule has 2 amide bonds. The number of hydrogen-bond donors (Lipinski definition) is 2. The molecule has 0 spiro atoms. The predicted molar refractivity (Wildman–Crippen MR) is 116 cm³/mol. The van der Waals surface area contributed by atoms with Crippen molar-refractivity contribution >= 4 is 17.6 Å². The zero-order valence-electron chi connectivity index (χ0n) is 16.8. The highest BCUT2D eigenvalue weighted by Gasteiger charge is 2.20. The molecule has 7 heteroatoms. The van der Waals surface area contributed by atoms with E-state index < -0.39 is 6.04 Å². The van der Waals surface area contributed by atoms with Gasteiger partial charge < -0.3 is 15.1 Å². The fraction of sp³-hybridized carbons (Fsp3) is 0.125. The second-order valence-electron chi connectivity index (χ2n) is 7.01. The Morgan fingerprint density at radius 3 is 2.39 bits per heavy atom. The van der Waals surface area contributed by atoms with Gasteiger partial charge in [0.2, 0.25) is 5.91 Å². The van der Waals surface area contributed by atoms with Crippen molar-refractivity contribution in [1.82, 2.24) is 15.1 Å². The standard InChI is InChI=1S/C24H22N4O3/c29-23(27-22-13-14-25-28(22)17-20-12-7-15-31-20)16-21(18-8-3-1-4-9-18)26-24(30)19-10-5-2-6-11-19/h1-15,21H,16-17H2,(H,26,30)(H,27,29)/t21-/m0/s1. The SMILES string of the molecule is O=C(C[C@H](NC(=O)c1ccccc1)c1ccccc1)Nc1ccnn1Cc1ccco1. The topological polar surface area (TPSA) is 89.2 Å². The summed E-state index contributed by atoms with van der Waals surface area (Å²) in [7, 11) is 0. The first-order valence-corrected chi connectivity index (χ1v) is 9.94. The van der Waals surface area contributed by atoms with E-state index >= 15 is 0 Å². The van der Waals surface area contributed by atoms with Crippen LogP contribution in [0.3, 0.4) is 0 Å². The number of furan rings is 1. The summed E-state index contributed by atoms with van der Waals surface area (Å²) in [5.41, 5.74) is 1.39. The molecule has 2 N–H and O–H groups in total. The van der Waals surface area contributed by atoms with Gasteiger partial charge in [-0.05, 0) is 29.8 Å². The van der Waals surface area contributed by atoms with Crippen molar-refractivity contribution in [3.8, 4) is 0 Å². The summed E-state index contributed by atoms with van der Waals surface area (Å²) < 4.78 is 7.00. The van der Waals surface area contributed by atoms with Crippen LogP contribution in [0.15, 0.2) is 95.7 Å². The molecule has 2 aromatic heterocycles. The van der Waals surface area contributed by atoms with E-state index in [1.54, 1.807) is 53.5 Å². The number of aromatic nitrogens is 2. The lowest BCUT2D eigenvalue weighted by Gasteiger charge is -2.19. The van der Waals surface area contributed by atoms with Crippen molar-refractivity contribution in [3.63, 3.8) is 0 Å². The van der Waals surface area contributed by atoms with Crippen LogP contribution in [0, 0.1) is 0 Å². The molecule has 156 valence electrons. The number of hydrogen-bond acceptors (Lipinski definition) is 4. The molecule has 0 saturated heterocycles. The Labute approximate surface area is 179 Å². The molecule has 4 rings (SSSR count). The molecule has 0 aliphatic rings. The van der Waals surface area contributed by atoms with Crippen LogP contribution in [0.1, 0.15) is 34.1 Å². The summed E-state index contributed by atoms with van der Waals surface area (Å²) in [4.78, 5) is 25.5. The van der Waals surface area contributed by atoms with Crippen molar-refractivity contribution < 1.29 is 14.0 Å². The van der Waals surface area contributed by atoms with Gasteiger partial charge in [0.1, 0.15) is 18.1 Å². The minimum atomic E-state index is -0.477. The van der Waals surface area contributed by atoms with Gasteiger partial charge in [0, 0.05) is 11.6 Å². The van der Waals surface area contributed by atoms with E-state index in [1.165, 1.54) is 0 Å². The van der Waals surface area contributed by atoms with Crippen LogP contribution in [0.2, 0.25) is 0 Å². The van der Waals surface area contributed by atoms with Gasteiger partial charge >= 0.3 is 0 Å². The Hall–Kier alpha value is -4.13. The highest BCUT2D eigenvalue weighted by atomic mass is 16.3. The first kappa shape index (κ1) is 20.2. The van der Waals surface area contributed by atoms with Gasteiger partial charge in [-0.15, -0.1) is 0 Å². The van der Waals surface area contributed by atoms with Crippen LogP contribution in [0.5, 0.6) is 0 Å². The molecule has 0 fully saturated rings. The Morgan fingerprint density at radius 2 is 1.68 bits per heavy atom. The van der Waals surface area contributed by atoms with Crippen molar-refractivity contribution in [2.24, 2.45) is 0 Å². The third kappa shape index (κ3) is 5.27. The Kier molecular flexibility index (Phi) is 6.23. The van der Waals surface area contributed by atoms with E-state index in [2.05, 4.69) is 15.7 Å². The van der Waals surface area contributed by atoms with Gasteiger partial charge in [0.15, 0.2) is 0 Å². The van der Waals surface area contributed by atoms with Gasteiger partial charge in [0.25, 0.3) is 5.91 Å². The van der Waals surface area contributed by atoms with Crippen LogP contribution in [-0.4, -0.2) is 21.6 Å². The number of nitrogens with one attached hydrogen (secondary N) is 2. The van der Waals surface area contributed by atoms with Crippen LogP contribution < -0.4 is 10.6 Å². The molecular weight excluding hydrogens is 392 g/mol. The fourth-order valence-corrected chi connectivity index (χ4v) is 3.26. The second-order valence-corrected chi connectivity index (χ2v) is 7.01. The number of amides is 2. The molecule has 0 unspecified atom stereocenters. The van der Waals surface area contributed by atoms with Crippen LogP contribution in [-0.2, 0) is 11.3 Å². The Balaban J connectivity index is 1.46. The summed E-state index contributed by atoms with van der Waals surface area (Å²) in [6, 6.07) is 23.3. The lowest BCUT2D eigenvalue weighted by Crippen LogP contribution is -2.31. The van der Waals surface area contributed by atoms with Crippen molar-refractivity contribution in [1.29, 1.82) is 0 Å². The van der Waals surface area contributed by atoms with Crippen molar-refractivity contribution in [2.75, 3.05) is 5.32 Å². The first-order chi connectivity index (χ1) is 15.2. The molecule has 0 saturated carbocycles. The number of anilines is 1. The summed E-state index contributed by atoms with van der Waals surface area (Å²) >= 11 is 0. The average molecular weight is 414 g/mol. The first-order valence-electron chi connectivity index (χ1n) is 9.94. The second kappa shape index (κ2) is 9.58. The zero-order chi connectivity index (χ0) is 21.5. The predicted octanol–water partition coefficient (Wildman–Crippen LogP) is 4.02. The number of rotatable bonds is 8. The van der Waals surface area contributed by atoms with Gasteiger partial charge in [-0.1, -0.05) is 48.5 Å². The summed E-state index contributed by atoms with van der Waals surface area (Å²) in [5.74, 6) is 0.826. The van der Waals surface area contributed by atoms with Crippen LogP contribution in [0.25, 0.3) is 0 Å². The van der Waals surface area contributed by atoms with Crippen LogP contribution >= 0.6 is 0 Å². The number of benzene rings is 2. The highest BCUT2D eigenvalue weighted by molar-refractivity contribution is 5.95. The van der Waals surface area contributed by atoms with E-state index in [0.29, 0.717) is 17.9 Å². The van der Waals surface area contributed by atoms with Gasteiger partial charge in [-0.2, -0.15) is 5.10 Å². The summed E-state index contributed by atoms with van der Waals surface area (Å²) in [5, 5.41) is 10.1. The smallest absolute Gasteiger partial charge is 0.251 e. The molecule has 0 bridgehead atoms. The lowest BCUT2D eigenvalue weighted by atomic mass is 10.0. The molecule has 31 heavy (non-hydrogen) atoms. The normalized spacial score (nSPS) is 11.6. The number of nitrogens with zero attached hydrogens (tertiary/aromatic N) is 2. The minimum absolute atomic E-state index is 0.0779. The van der Waals surface area contributed by atoms with E-state index in [0.717, 1.165) is 11.3 Å². The minimum Gasteiger partial charge on any atom is -0.467 e. The average Bonchev–Trinajstić information content (AvgIpc) is 3.47. The van der Waals surface area contributed by atoms with E-state index in [9.17, 15) is 9.59 Å². The van der Waals surface area contributed by atoms with Gasteiger partial charge in [0.05, 0.1) is 24.9 Å². The molecule has 2 heterocycles. The highest BCUT2D eigenvalue weighted by Crippen LogP contribution is 2.19. The molecular formula is C24H22N4O3. The molecule has 2 aromatic carbocycles. The van der Waals surface area contributed by atoms with Crippen molar-refractivity contribution in [2.45, 2.75) is 19.0 Å². The van der Waals surface area contributed by atoms with Gasteiger partial charge in [-0.3, -0.25) is 9.59 Å². The van der Waals surface area contributed by atoms with Crippen molar-refractivity contribution in [3.05, 3.63) is 108 Å². The third-order valence-corrected chi connectivity index (χ3v) is 4.80. The Morgan fingerprint density at radius 1 is 0.935 bits per heavy atom. The maximum atomic E-state index is 12.8. The van der Waals surface area contributed by atoms with Crippen LogP contribution in [0.4, 0.5) is 5.82 Å². The summed E-state index contributed by atoms with van der Waals surface area (Å²) in [6.07, 6.45) is 3.29. The van der Waals surface area contributed by atoms with E-state index in [1.807, 2.05) is 42.5 Å². The molecule has 7 nitrogen and oxygen atoms in total. The largest absolute Gasteiger partial charge is 0.467 e. The summed E-state index contributed by atoms with van der Waals surface area (Å²) in [6.45, 7) is 0.405. The molecule has 4 aromatic rings. The van der Waals surface area contributed by atoms with Gasteiger partial charge in [-0.25, -0.2) is 4.68 Å². The molecule has 1 atom stereocenters. The molecule has 0 radical (unpaired) electrons. The zero-order valence-corrected chi connectivity index (χ0v) is 16.8. The molecule has 0 aliphatic carbocycles. The lowest BCUT2D eigenvalue weighted by molar-refractivity contribution is -0.116. The number of carbonyl (C=O) groups excluding carboxylic acids is 2. The number of carbonyl (C=O) groups is 2. The maximum absolute atomic E-state index is 12.8. The molecule has 0 aliphatic heterocycles. The quantitative estimate of drug-likeness (QED) is 0.456.